The van der Waals surface area contributed by atoms with Gasteiger partial charge in [-0.15, -0.1) is 0 Å². The Morgan fingerprint density at radius 3 is 2.50 bits per heavy atom. The molecule has 1 aromatic heterocycles. The van der Waals surface area contributed by atoms with Crippen LogP contribution < -0.4 is 4.74 Å². The summed E-state index contributed by atoms with van der Waals surface area (Å²) in [5.74, 6) is 1.40. The average Bonchev–Trinajstić information content (AvgIpc) is 2.32. The second-order valence-corrected chi connectivity index (χ2v) is 4.95. The van der Waals surface area contributed by atoms with Crippen LogP contribution in [-0.2, 0) is 0 Å². The molecule has 0 bridgehead atoms. The van der Waals surface area contributed by atoms with Gasteiger partial charge in [-0.3, -0.25) is 4.98 Å². The van der Waals surface area contributed by atoms with Gasteiger partial charge in [0.2, 0.25) is 0 Å². The zero-order valence-electron chi connectivity index (χ0n) is 10.2. The van der Waals surface area contributed by atoms with E-state index in [-0.39, 0.29) is 0 Å². The Morgan fingerprint density at radius 2 is 1.94 bits per heavy atom. The quantitative estimate of drug-likeness (QED) is 0.932. The second-order valence-electron chi connectivity index (χ2n) is 4.10. The number of hydrogen-bond acceptors (Lipinski definition) is 3. The zero-order valence-corrected chi connectivity index (χ0v) is 11.8. The molecule has 2 rings (SSSR count). The minimum atomic E-state index is -0.505. The van der Waals surface area contributed by atoms with Crippen LogP contribution in [-0.4, -0.2) is 10.1 Å². The lowest BCUT2D eigenvalue weighted by atomic mass is 10.1. The Kier molecular flexibility index (Phi) is 3.99. The molecule has 0 fully saturated rings. The molecule has 1 heterocycles. The zero-order chi connectivity index (χ0) is 13.1. The smallest absolute Gasteiger partial charge is 0.145 e. The van der Waals surface area contributed by atoms with Crippen molar-refractivity contribution in [2.45, 2.75) is 20.0 Å². The first kappa shape index (κ1) is 13.1. The molecule has 0 saturated carbocycles. The van der Waals surface area contributed by atoms with Crippen LogP contribution in [0.1, 0.15) is 24.3 Å². The number of benzene rings is 1. The summed E-state index contributed by atoms with van der Waals surface area (Å²) in [5.41, 5.74) is 1.79. The molecule has 0 amide bonds. The number of ether oxygens (including phenoxy) is 1. The van der Waals surface area contributed by atoms with Crippen molar-refractivity contribution < 1.29 is 9.84 Å². The molecule has 0 aliphatic heterocycles. The second kappa shape index (κ2) is 5.50. The first-order valence-electron chi connectivity index (χ1n) is 5.64. The third-order valence-electron chi connectivity index (χ3n) is 2.54. The van der Waals surface area contributed by atoms with Crippen LogP contribution in [0.25, 0.3) is 0 Å². The molecular formula is C14H14BrNO2. The fraction of sp³-hybridized carbons (Fsp3) is 0.214. The van der Waals surface area contributed by atoms with E-state index in [1.54, 1.807) is 13.1 Å². The number of aliphatic hydroxyl groups is 1. The molecule has 94 valence electrons. The van der Waals surface area contributed by atoms with Gasteiger partial charge in [-0.25, -0.2) is 0 Å². The van der Waals surface area contributed by atoms with Crippen molar-refractivity contribution in [1.82, 2.24) is 4.98 Å². The highest BCUT2D eigenvalue weighted by atomic mass is 79.9. The first-order chi connectivity index (χ1) is 8.56. The maximum atomic E-state index is 9.53. The Balaban J connectivity index is 2.20. The molecule has 1 aromatic carbocycles. The van der Waals surface area contributed by atoms with Crippen LogP contribution >= 0.6 is 15.9 Å². The van der Waals surface area contributed by atoms with Gasteiger partial charge in [0.15, 0.2) is 0 Å². The largest absolute Gasteiger partial charge is 0.456 e. The molecule has 0 saturated heterocycles. The molecular weight excluding hydrogens is 294 g/mol. The van der Waals surface area contributed by atoms with Gasteiger partial charge in [0, 0.05) is 10.2 Å². The summed E-state index contributed by atoms with van der Waals surface area (Å²) in [7, 11) is 0. The van der Waals surface area contributed by atoms with Gasteiger partial charge in [-0.05, 0) is 43.7 Å². The van der Waals surface area contributed by atoms with Gasteiger partial charge < -0.3 is 9.84 Å². The summed E-state index contributed by atoms with van der Waals surface area (Å²) in [6, 6.07) is 9.27. The predicted octanol–water partition coefficient (Wildman–Crippen LogP) is 4.00. The van der Waals surface area contributed by atoms with Gasteiger partial charge in [0.25, 0.3) is 0 Å². The van der Waals surface area contributed by atoms with E-state index in [9.17, 15) is 5.11 Å². The van der Waals surface area contributed by atoms with Gasteiger partial charge in [0.1, 0.15) is 11.5 Å². The molecule has 18 heavy (non-hydrogen) atoms. The lowest BCUT2D eigenvalue weighted by Gasteiger charge is -2.10. The van der Waals surface area contributed by atoms with E-state index in [1.165, 1.54) is 0 Å². The van der Waals surface area contributed by atoms with Crippen LogP contribution in [0, 0.1) is 6.92 Å². The van der Waals surface area contributed by atoms with E-state index >= 15 is 0 Å². The molecule has 1 atom stereocenters. The predicted molar refractivity (Wildman–Crippen MR) is 73.8 cm³/mol. The molecule has 2 aromatic rings. The Morgan fingerprint density at radius 1 is 1.22 bits per heavy atom. The van der Waals surface area contributed by atoms with Gasteiger partial charge in [0.05, 0.1) is 12.3 Å². The maximum Gasteiger partial charge on any atom is 0.145 e. The van der Waals surface area contributed by atoms with Crippen LogP contribution in [0.2, 0.25) is 0 Å². The van der Waals surface area contributed by atoms with Crippen LogP contribution in [0.3, 0.4) is 0 Å². The molecule has 0 unspecified atom stereocenters. The van der Waals surface area contributed by atoms with Gasteiger partial charge in [-0.1, -0.05) is 22.0 Å². The van der Waals surface area contributed by atoms with Gasteiger partial charge >= 0.3 is 0 Å². The average molecular weight is 308 g/mol. The SMILES string of the molecule is Cc1ccc(Oc2ccc([C@@H](C)O)c(Br)c2)cn1. The number of pyridine rings is 1. The highest BCUT2D eigenvalue weighted by molar-refractivity contribution is 9.10. The van der Waals surface area contributed by atoms with Crippen molar-refractivity contribution in [2.75, 3.05) is 0 Å². The molecule has 3 nitrogen and oxygen atoms in total. The van der Waals surface area contributed by atoms with Crippen LogP contribution in [0.5, 0.6) is 11.5 Å². The van der Waals surface area contributed by atoms with Crippen molar-refractivity contribution in [1.29, 1.82) is 0 Å². The lowest BCUT2D eigenvalue weighted by Crippen LogP contribution is -1.93. The van der Waals surface area contributed by atoms with E-state index in [2.05, 4.69) is 20.9 Å². The number of aliphatic hydroxyl groups excluding tert-OH is 1. The Bertz CT molecular complexity index is 538. The molecule has 4 heteroatoms. The standard InChI is InChI=1S/C14H14BrNO2/c1-9-3-4-12(8-16-9)18-11-5-6-13(10(2)17)14(15)7-11/h3-8,10,17H,1-2H3/t10-/m1/s1. The van der Waals surface area contributed by atoms with Gasteiger partial charge in [-0.2, -0.15) is 0 Å². The number of aryl methyl sites for hydroxylation is 1. The summed E-state index contributed by atoms with van der Waals surface area (Å²) in [6.07, 6.45) is 1.18. The number of halogens is 1. The Labute approximate surface area is 115 Å². The van der Waals surface area contributed by atoms with Crippen molar-refractivity contribution in [3.05, 3.63) is 52.3 Å². The molecule has 0 aliphatic carbocycles. The van der Waals surface area contributed by atoms with Crippen LogP contribution in [0.15, 0.2) is 41.0 Å². The number of rotatable bonds is 3. The van der Waals surface area contributed by atoms with Crippen molar-refractivity contribution in [3.63, 3.8) is 0 Å². The topological polar surface area (TPSA) is 42.4 Å². The number of nitrogens with zero attached hydrogens (tertiary/aromatic N) is 1. The minimum Gasteiger partial charge on any atom is -0.456 e. The summed E-state index contributed by atoms with van der Waals surface area (Å²) in [5, 5.41) is 9.53. The first-order valence-corrected chi connectivity index (χ1v) is 6.43. The number of hydrogen-bond donors (Lipinski definition) is 1. The van der Waals surface area contributed by atoms with Crippen molar-refractivity contribution >= 4 is 15.9 Å². The summed E-state index contributed by atoms with van der Waals surface area (Å²) >= 11 is 3.42. The number of aromatic nitrogens is 1. The molecule has 0 spiro atoms. The molecule has 0 aliphatic rings. The minimum absolute atomic E-state index is 0.505. The normalized spacial score (nSPS) is 12.2. The van der Waals surface area contributed by atoms with E-state index in [0.29, 0.717) is 11.5 Å². The highest BCUT2D eigenvalue weighted by Crippen LogP contribution is 2.29. The van der Waals surface area contributed by atoms with Crippen molar-refractivity contribution in [3.8, 4) is 11.5 Å². The molecule has 1 N–H and O–H groups in total. The maximum absolute atomic E-state index is 9.53. The summed E-state index contributed by atoms with van der Waals surface area (Å²) in [6.45, 7) is 3.66. The van der Waals surface area contributed by atoms with E-state index in [1.807, 2.05) is 37.3 Å². The monoisotopic (exact) mass is 307 g/mol. The lowest BCUT2D eigenvalue weighted by molar-refractivity contribution is 0.198. The summed E-state index contributed by atoms with van der Waals surface area (Å²) in [4.78, 5) is 4.17. The van der Waals surface area contributed by atoms with E-state index in [4.69, 9.17) is 4.74 Å². The molecule has 0 radical (unpaired) electrons. The third kappa shape index (κ3) is 3.09. The highest BCUT2D eigenvalue weighted by Gasteiger charge is 2.07. The van der Waals surface area contributed by atoms with E-state index in [0.717, 1.165) is 15.7 Å². The summed E-state index contributed by atoms with van der Waals surface area (Å²) < 4.78 is 6.50. The van der Waals surface area contributed by atoms with E-state index < -0.39 is 6.10 Å². The van der Waals surface area contributed by atoms with Crippen LogP contribution in [0.4, 0.5) is 0 Å². The fourth-order valence-corrected chi connectivity index (χ4v) is 2.25. The Hall–Kier alpha value is -1.39. The third-order valence-corrected chi connectivity index (χ3v) is 3.23. The fourth-order valence-electron chi connectivity index (χ4n) is 1.56. The van der Waals surface area contributed by atoms with Crippen molar-refractivity contribution in [2.24, 2.45) is 0 Å².